The minimum atomic E-state index is -1.07. The molecule has 0 aromatic heterocycles. The van der Waals surface area contributed by atoms with Crippen molar-refractivity contribution < 1.29 is 24.2 Å². The molecule has 1 heterocycles. The maximum atomic E-state index is 13.1. The van der Waals surface area contributed by atoms with Crippen LogP contribution in [0, 0.1) is 0 Å². The van der Waals surface area contributed by atoms with Gasteiger partial charge in [0.1, 0.15) is 12.4 Å². The Balaban J connectivity index is 1.58. The van der Waals surface area contributed by atoms with Crippen LogP contribution in [0.25, 0.3) is 11.6 Å². The smallest absolute Gasteiger partial charge is 0.305 e. The Morgan fingerprint density at radius 3 is 2.19 bits per heavy atom. The molecule has 0 radical (unpaired) electrons. The number of nitrogens with zero attached hydrogens (tertiary/aromatic N) is 1. The van der Waals surface area contributed by atoms with Gasteiger partial charge in [-0.25, -0.2) is 0 Å². The Bertz CT molecular complexity index is 1180. The van der Waals surface area contributed by atoms with E-state index in [1.165, 1.54) is 0 Å². The summed E-state index contributed by atoms with van der Waals surface area (Å²) in [6.45, 7) is 0.277. The average molecular weight is 427 g/mol. The van der Waals surface area contributed by atoms with Crippen molar-refractivity contribution in [2.45, 2.75) is 13.0 Å². The highest BCUT2D eigenvalue weighted by atomic mass is 16.5. The predicted molar refractivity (Wildman–Crippen MR) is 120 cm³/mol. The minimum Gasteiger partial charge on any atom is -0.489 e. The summed E-state index contributed by atoms with van der Waals surface area (Å²) in [5.74, 6) is -1.35. The molecule has 6 heteroatoms. The van der Waals surface area contributed by atoms with Crippen molar-refractivity contribution in [3.63, 3.8) is 0 Å². The normalized spacial score (nSPS) is 14.4. The number of carboxylic acids is 1. The number of carboxylic acid groups (broad SMARTS) is 1. The molecule has 1 N–H and O–H groups in total. The van der Waals surface area contributed by atoms with Crippen LogP contribution in [0.1, 0.15) is 33.5 Å². The second kappa shape index (κ2) is 9.31. The summed E-state index contributed by atoms with van der Waals surface area (Å²) in [6.07, 6.45) is 1.41. The molecule has 2 amide bonds. The Morgan fingerprint density at radius 2 is 1.50 bits per heavy atom. The van der Waals surface area contributed by atoms with Gasteiger partial charge in [0.2, 0.25) is 0 Å². The Morgan fingerprint density at radius 1 is 0.844 bits per heavy atom. The monoisotopic (exact) mass is 427 g/mol. The number of benzene rings is 3. The molecule has 0 spiro atoms. The molecule has 4 rings (SSSR count). The third-order valence-corrected chi connectivity index (χ3v) is 5.16. The zero-order valence-corrected chi connectivity index (χ0v) is 17.2. The van der Waals surface area contributed by atoms with Crippen LogP contribution in [0.15, 0.2) is 78.9 Å². The largest absolute Gasteiger partial charge is 0.489 e. The maximum Gasteiger partial charge on any atom is 0.305 e. The summed E-state index contributed by atoms with van der Waals surface area (Å²) < 4.78 is 5.80. The van der Waals surface area contributed by atoms with Gasteiger partial charge >= 0.3 is 5.97 Å². The number of amides is 2. The predicted octanol–water partition coefficient (Wildman–Crippen LogP) is 4.26. The number of hydrogen-bond acceptors (Lipinski definition) is 4. The third kappa shape index (κ3) is 4.59. The number of rotatable bonds is 7. The number of carbonyl (C=O) groups is 3. The van der Waals surface area contributed by atoms with E-state index in [1.54, 1.807) is 30.3 Å². The molecule has 0 unspecified atom stereocenters. The van der Waals surface area contributed by atoms with Gasteiger partial charge in [0.15, 0.2) is 0 Å². The molecule has 0 aliphatic carbocycles. The van der Waals surface area contributed by atoms with Crippen LogP contribution in [0.3, 0.4) is 0 Å². The highest BCUT2D eigenvalue weighted by Gasteiger charge is 2.34. The van der Waals surface area contributed by atoms with E-state index >= 15 is 0 Å². The Kier molecular flexibility index (Phi) is 6.12. The number of ether oxygens (including phenoxy) is 1. The molecule has 0 fully saturated rings. The van der Waals surface area contributed by atoms with E-state index < -0.39 is 17.8 Å². The van der Waals surface area contributed by atoms with Crippen LogP contribution >= 0.6 is 0 Å². The van der Waals surface area contributed by atoms with Gasteiger partial charge in [-0.3, -0.25) is 19.3 Å². The molecule has 3 aromatic carbocycles. The minimum absolute atomic E-state index is 0.176. The SMILES string of the molecule is O=C(O)CCN1C(=O)/C(=C\c2ccc(OCc3ccccc3)cc2)c2ccccc2C1=O. The maximum absolute atomic E-state index is 13.1. The fourth-order valence-corrected chi connectivity index (χ4v) is 3.52. The number of fused-ring (bicyclic) bond motifs is 1. The summed E-state index contributed by atoms with van der Waals surface area (Å²) in [5.41, 5.74) is 3.10. The molecule has 0 saturated heterocycles. The number of aliphatic carboxylic acids is 1. The van der Waals surface area contributed by atoms with E-state index in [0.717, 1.165) is 16.0 Å². The van der Waals surface area contributed by atoms with Crippen molar-refractivity contribution in [3.05, 3.63) is 101 Å². The van der Waals surface area contributed by atoms with Crippen LogP contribution in [0.5, 0.6) is 5.75 Å². The first-order chi connectivity index (χ1) is 15.5. The summed E-state index contributed by atoms with van der Waals surface area (Å²) in [4.78, 5) is 37.8. The molecule has 160 valence electrons. The molecule has 0 saturated carbocycles. The van der Waals surface area contributed by atoms with E-state index in [4.69, 9.17) is 9.84 Å². The molecule has 6 nitrogen and oxygen atoms in total. The van der Waals surface area contributed by atoms with E-state index in [9.17, 15) is 14.4 Å². The van der Waals surface area contributed by atoms with Gasteiger partial charge in [0.25, 0.3) is 11.8 Å². The second-order valence-electron chi connectivity index (χ2n) is 7.35. The van der Waals surface area contributed by atoms with E-state index in [0.29, 0.717) is 29.1 Å². The summed E-state index contributed by atoms with van der Waals surface area (Å²) in [7, 11) is 0. The van der Waals surface area contributed by atoms with E-state index in [-0.39, 0.29) is 13.0 Å². The van der Waals surface area contributed by atoms with Crippen LogP contribution < -0.4 is 4.74 Å². The Labute approximate surface area is 185 Å². The summed E-state index contributed by atoms with van der Waals surface area (Å²) >= 11 is 0. The van der Waals surface area contributed by atoms with Gasteiger partial charge in [0.05, 0.1) is 6.42 Å². The van der Waals surface area contributed by atoms with Gasteiger partial charge in [-0.2, -0.15) is 0 Å². The lowest BCUT2D eigenvalue weighted by Gasteiger charge is -2.28. The van der Waals surface area contributed by atoms with Gasteiger partial charge < -0.3 is 9.84 Å². The summed E-state index contributed by atoms with van der Waals surface area (Å²) in [6, 6.07) is 24.0. The molecule has 0 atom stereocenters. The van der Waals surface area contributed by atoms with Crippen molar-refractivity contribution in [2.24, 2.45) is 0 Å². The molecule has 1 aliphatic heterocycles. The third-order valence-electron chi connectivity index (χ3n) is 5.16. The van der Waals surface area contributed by atoms with Gasteiger partial charge in [-0.1, -0.05) is 60.7 Å². The number of imide groups is 1. The Hall–Kier alpha value is -4.19. The van der Waals surface area contributed by atoms with Crippen LogP contribution in [0.2, 0.25) is 0 Å². The van der Waals surface area contributed by atoms with Crippen LogP contribution in [0.4, 0.5) is 0 Å². The molecule has 32 heavy (non-hydrogen) atoms. The summed E-state index contributed by atoms with van der Waals surface area (Å²) in [5, 5.41) is 8.98. The van der Waals surface area contributed by atoms with Crippen molar-refractivity contribution in [3.8, 4) is 5.75 Å². The van der Waals surface area contributed by atoms with E-state index in [1.807, 2.05) is 54.6 Å². The zero-order valence-electron chi connectivity index (χ0n) is 17.2. The van der Waals surface area contributed by atoms with Crippen molar-refractivity contribution in [1.29, 1.82) is 0 Å². The number of carbonyl (C=O) groups excluding carboxylic acids is 2. The van der Waals surface area contributed by atoms with Gasteiger partial charge in [0, 0.05) is 17.7 Å². The quantitative estimate of drug-likeness (QED) is 0.450. The lowest BCUT2D eigenvalue weighted by atomic mass is 9.92. The van der Waals surface area contributed by atoms with Crippen molar-refractivity contribution in [1.82, 2.24) is 4.90 Å². The fraction of sp³-hybridized carbons (Fsp3) is 0.115. The lowest BCUT2D eigenvalue weighted by Crippen LogP contribution is -2.42. The first kappa shape index (κ1) is 21.1. The molecular formula is C26H21NO5. The highest BCUT2D eigenvalue weighted by molar-refractivity contribution is 6.33. The van der Waals surface area contributed by atoms with Gasteiger partial charge in [-0.15, -0.1) is 0 Å². The second-order valence-corrected chi connectivity index (χ2v) is 7.35. The van der Waals surface area contributed by atoms with Crippen molar-refractivity contribution in [2.75, 3.05) is 6.54 Å². The topological polar surface area (TPSA) is 83.9 Å². The standard InChI is InChI=1S/C26H21NO5/c28-24(29)14-15-27-25(30)22-9-5-4-8-21(22)23(26(27)31)16-18-10-12-20(13-11-18)32-17-19-6-2-1-3-7-19/h1-13,16H,14-15,17H2,(H,28,29)/b23-16-. The first-order valence-corrected chi connectivity index (χ1v) is 10.2. The van der Waals surface area contributed by atoms with Crippen molar-refractivity contribution >= 4 is 29.4 Å². The molecule has 0 bridgehead atoms. The van der Waals surface area contributed by atoms with Gasteiger partial charge in [-0.05, 0) is 41.0 Å². The fourth-order valence-electron chi connectivity index (χ4n) is 3.52. The molecule has 1 aliphatic rings. The zero-order chi connectivity index (χ0) is 22.5. The highest BCUT2D eigenvalue weighted by Crippen LogP contribution is 2.30. The molecule has 3 aromatic rings. The lowest BCUT2D eigenvalue weighted by molar-refractivity contribution is -0.137. The molecular weight excluding hydrogens is 406 g/mol. The van der Waals surface area contributed by atoms with E-state index in [2.05, 4.69) is 0 Å². The number of hydrogen-bond donors (Lipinski definition) is 1. The first-order valence-electron chi connectivity index (χ1n) is 10.2. The van der Waals surface area contributed by atoms with Crippen LogP contribution in [-0.4, -0.2) is 34.3 Å². The average Bonchev–Trinajstić information content (AvgIpc) is 2.81. The van der Waals surface area contributed by atoms with Crippen LogP contribution in [-0.2, 0) is 16.2 Å².